The zero-order valence-electron chi connectivity index (χ0n) is 15.1. The zero-order valence-corrected chi connectivity index (χ0v) is 15.1. The van der Waals surface area contributed by atoms with Crippen LogP contribution in [0.3, 0.4) is 0 Å². The number of hydrogen-bond donors (Lipinski definition) is 2. The summed E-state index contributed by atoms with van der Waals surface area (Å²) in [4.78, 5) is 12.2. The fourth-order valence-electron chi connectivity index (χ4n) is 3.57. The van der Waals surface area contributed by atoms with Crippen molar-refractivity contribution in [3.8, 4) is 11.5 Å². The summed E-state index contributed by atoms with van der Waals surface area (Å²) in [6.45, 7) is 2.19. The van der Waals surface area contributed by atoms with Gasteiger partial charge in [-0.25, -0.2) is 0 Å². The Bertz CT molecular complexity index is 799. The fourth-order valence-corrected chi connectivity index (χ4v) is 3.57. The Kier molecular flexibility index (Phi) is 5.47. The van der Waals surface area contributed by atoms with Gasteiger partial charge in [-0.3, -0.25) is 4.79 Å². The monoisotopic (exact) mass is 356 g/mol. The molecule has 0 amide bonds. The molecule has 2 unspecified atom stereocenters. The van der Waals surface area contributed by atoms with E-state index in [2.05, 4.69) is 6.07 Å². The molecule has 0 radical (unpaired) electrons. The lowest BCUT2D eigenvalue weighted by Crippen LogP contribution is -2.20. The van der Waals surface area contributed by atoms with E-state index < -0.39 is 0 Å². The van der Waals surface area contributed by atoms with E-state index in [1.54, 1.807) is 25.3 Å². The highest BCUT2D eigenvalue weighted by molar-refractivity contribution is 5.75. The molecule has 0 bridgehead atoms. The first-order valence-corrected chi connectivity index (χ1v) is 8.73. The number of aromatic hydroxyl groups is 1. The maximum Gasteiger partial charge on any atom is 0.309 e. The van der Waals surface area contributed by atoms with E-state index in [0.29, 0.717) is 18.6 Å². The van der Waals surface area contributed by atoms with Gasteiger partial charge in [-0.15, -0.1) is 0 Å². The first kappa shape index (κ1) is 18.3. The molecule has 0 saturated carbocycles. The molecule has 26 heavy (non-hydrogen) atoms. The molecule has 1 aliphatic rings. The van der Waals surface area contributed by atoms with Crippen LogP contribution in [0.15, 0.2) is 36.4 Å². The van der Waals surface area contributed by atoms with E-state index in [0.717, 1.165) is 28.9 Å². The molecule has 3 rings (SSSR count). The number of carbonyl (C=O) groups excluding carboxylic acids is 1. The Morgan fingerprint density at radius 1 is 1.15 bits per heavy atom. The van der Waals surface area contributed by atoms with Crippen LogP contribution in [0, 0.1) is 18.8 Å². The number of phenols is 1. The van der Waals surface area contributed by atoms with Crippen molar-refractivity contribution in [2.45, 2.75) is 26.4 Å². The number of aliphatic hydroxyl groups excluding tert-OH is 1. The summed E-state index contributed by atoms with van der Waals surface area (Å²) in [7, 11) is 1.65. The van der Waals surface area contributed by atoms with Crippen molar-refractivity contribution < 1.29 is 24.5 Å². The van der Waals surface area contributed by atoms with E-state index >= 15 is 0 Å². The van der Waals surface area contributed by atoms with Crippen LogP contribution in [0.5, 0.6) is 11.5 Å². The highest BCUT2D eigenvalue weighted by Gasteiger charge is 2.36. The number of cyclic esters (lactones) is 1. The third-order valence-electron chi connectivity index (χ3n) is 5.04. The van der Waals surface area contributed by atoms with Crippen molar-refractivity contribution in [2.24, 2.45) is 11.8 Å². The van der Waals surface area contributed by atoms with Gasteiger partial charge in [0, 0.05) is 11.5 Å². The van der Waals surface area contributed by atoms with Crippen molar-refractivity contribution in [3.05, 3.63) is 58.7 Å². The van der Waals surface area contributed by atoms with E-state index in [1.165, 1.54) is 0 Å². The number of rotatable bonds is 6. The zero-order chi connectivity index (χ0) is 18.7. The lowest BCUT2D eigenvalue weighted by molar-refractivity contribution is -0.141. The summed E-state index contributed by atoms with van der Waals surface area (Å²) in [6.07, 6.45) is 1.29. The van der Waals surface area contributed by atoms with Crippen LogP contribution in [0.25, 0.3) is 0 Å². The second-order valence-electron chi connectivity index (χ2n) is 6.83. The van der Waals surface area contributed by atoms with Crippen molar-refractivity contribution >= 4 is 5.97 Å². The number of esters is 1. The highest BCUT2D eigenvalue weighted by atomic mass is 16.5. The molecule has 0 spiro atoms. The maximum atomic E-state index is 12.2. The van der Waals surface area contributed by atoms with Crippen LogP contribution in [-0.2, 0) is 29.0 Å². The van der Waals surface area contributed by atoms with Crippen LogP contribution in [0.4, 0.5) is 0 Å². The van der Waals surface area contributed by atoms with E-state index in [-0.39, 0.29) is 30.2 Å². The maximum absolute atomic E-state index is 12.2. The number of methoxy groups -OCH3 is 1. The van der Waals surface area contributed by atoms with Crippen LogP contribution in [-0.4, -0.2) is 29.9 Å². The predicted octanol–water partition coefficient (Wildman–Crippen LogP) is 2.78. The number of ether oxygens (including phenoxy) is 2. The SMILES string of the molecule is COc1ccc(CC2COC(=O)C2Cc2ccc(O)c(CO)c2)cc1C. The average Bonchev–Trinajstić information content (AvgIpc) is 2.96. The highest BCUT2D eigenvalue weighted by Crippen LogP contribution is 2.31. The molecular formula is C21H24O5. The fraction of sp³-hybridized carbons (Fsp3) is 0.381. The van der Waals surface area contributed by atoms with Gasteiger partial charge >= 0.3 is 5.97 Å². The van der Waals surface area contributed by atoms with Gasteiger partial charge in [-0.1, -0.05) is 18.2 Å². The molecule has 138 valence electrons. The molecular weight excluding hydrogens is 332 g/mol. The van der Waals surface area contributed by atoms with Gasteiger partial charge in [0.15, 0.2) is 0 Å². The summed E-state index contributed by atoms with van der Waals surface area (Å²) in [5, 5.41) is 19.0. The molecule has 5 nitrogen and oxygen atoms in total. The number of benzene rings is 2. The second kappa shape index (κ2) is 7.79. The standard InChI is InChI=1S/C21H24O5/c1-13-7-14(4-6-20(13)25-2)9-17-12-26-21(24)18(17)10-15-3-5-19(23)16(8-15)11-22/h3-8,17-18,22-23H,9-12H2,1-2H3. The van der Waals surface area contributed by atoms with E-state index in [9.17, 15) is 15.0 Å². The van der Waals surface area contributed by atoms with Crippen LogP contribution >= 0.6 is 0 Å². The van der Waals surface area contributed by atoms with Gasteiger partial charge in [-0.05, 0) is 54.7 Å². The summed E-state index contributed by atoms with van der Waals surface area (Å²) >= 11 is 0. The van der Waals surface area contributed by atoms with Crippen LogP contribution < -0.4 is 4.74 Å². The van der Waals surface area contributed by atoms with Gasteiger partial charge < -0.3 is 19.7 Å². The number of aryl methyl sites for hydroxylation is 1. The largest absolute Gasteiger partial charge is 0.508 e. The van der Waals surface area contributed by atoms with Gasteiger partial charge in [-0.2, -0.15) is 0 Å². The normalized spacial score (nSPS) is 19.4. The van der Waals surface area contributed by atoms with Crippen molar-refractivity contribution in [1.82, 2.24) is 0 Å². The van der Waals surface area contributed by atoms with Gasteiger partial charge in [0.05, 0.1) is 26.2 Å². The second-order valence-corrected chi connectivity index (χ2v) is 6.83. The van der Waals surface area contributed by atoms with Crippen molar-refractivity contribution in [3.63, 3.8) is 0 Å². The first-order valence-electron chi connectivity index (χ1n) is 8.73. The molecule has 0 aromatic heterocycles. The minimum absolute atomic E-state index is 0.0653. The third-order valence-corrected chi connectivity index (χ3v) is 5.04. The third kappa shape index (κ3) is 3.83. The predicted molar refractivity (Wildman–Crippen MR) is 97.1 cm³/mol. The number of hydrogen-bond acceptors (Lipinski definition) is 5. The Morgan fingerprint density at radius 3 is 2.58 bits per heavy atom. The minimum atomic E-state index is -0.233. The first-order chi connectivity index (χ1) is 12.5. The lowest BCUT2D eigenvalue weighted by atomic mass is 9.84. The van der Waals surface area contributed by atoms with Crippen molar-refractivity contribution in [2.75, 3.05) is 13.7 Å². The minimum Gasteiger partial charge on any atom is -0.508 e. The molecule has 0 aliphatic carbocycles. The Labute approximate surface area is 153 Å². The molecule has 1 saturated heterocycles. The average molecular weight is 356 g/mol. The summed E-state index contributed by atoms with van der Waals surface area (Å²) < 4.78 is 10.6. The molecule has 5 heteroatoms. The smallest absolute Gasteiger partial charge is 0.309 e. The molecule has 2 aromatic rings. The molecule has 1 heterocycles. The lowest BCUT2D eigenvalue weighted by Gasteiger charge is -2.17. The number of aliphatic hydroxyl groups is 1. The molecule has 2 atom stereocenters. The van der Waals surface area contributed by atoms with Crippen molar-refractivity contribution in [1.29, 1.82) is 0 Å². The summed E-state index contributed by atoms with van der Waals surface area (Å²) in [6, 6.07) is 11.2. The van der Waals surface area contributed by atoms with Gasteiger partial charge in [0.25, 0.3) is 0 Å². The van der Waals surface area contributed by atoms with E-state index in [1.807, 2.05) is 19.1 Å². The Balaban J connectivity index is 1.75. The Hall–Kier alpha value is -2.53. The topological polar surface area (TPSA) is 76.0 Å². The molecule has 2 aromatic carbocycles. The molecule has 1 fully saturated rings. The van der Waals surface area contributed by atoms with Crippen LogP contribution in [0.1, 0.15) is 22.3 Å². The van der Waals surface area contributed by atoms with Crippen LogP contribution in [0.2, 0.25) is 0 Å². The summed E-state index contributed by atoms with van der Waals surface area (Å²) in [5.41, 5.74) is 3.60. The number of carbonyl (C=O) groups is 1. The molecule has 1 aliphatic heterocycles. The molecule has 2 N–H and O–H groups in total. The summed E-state index contributed by atoms with van der Waals surface area (Å²) in [5.74, 6) is 0.606. The quantitative estimate of drug-likeness (QED) is 0.779. The van der Waals surface area contributed by atoms with Gasteiger partial charge in [0.1, 0.15) is 11.5 Å². The van der Waals surface area contributed by atoms with E-state index in [4.69, 9.17) is 9.47 Å². The Morgan fingerprint density at radius 2 is 1.88 bits per heavy atom. The van der Waals surface area contributed by atoms with Gasteiger partial charge in [0.2, 0.25) is 0 Å².